The Morgan fingerprint density at radius 3 is 2.64 bits per heavy atom. The molecule has 1 heterocycles. The zero-order chi connectivity index (χ0) is 10.7. The van der Waals surface area contributed by atoms with Crippen LogP contribution in [0.3, 0.4) is 0 Å². The van der Waals surface area contributed by atoms with Crippen molar-refractivity contribution >= 4 is 11.9 Å². The highest BCUT2D eigenvalue weighted by atomic mass is 16.5. The number of ether oxygens (including phenoxy) is 2. The van der Waals surface area contributed by atoms with Crippen molar-refractivity contribution in [3.05, 3.63) is 23.2 Å². The van der Waals surface area contributed by atoms with E-state index < -0.39 is 11.9 Å². The Morgan fingerprint density at radius 2 is 2.14 bits per heavy atom. The first-order valence-corrected chi connectivity index (χ1v) is 3.75. The maximum absolute atomic E-state index is 11.1. The number of hydrogen-bond acceptors (Lipinski definition) is 5. The smallest absolute Gasteiger partial charge is 0.332 e. The SMILES string of the molecule is COC(=O)/C=C1\NC(=O)C(N)=C1OC. The Kier molecular flexibility index (Phi) is 2.76. The fourth-order valence-corrected chi connectivity index (χ4v) is 0.993. The van der Waals surface area contributed by atoms with Crippen LogP contribution in [-0.4, -0.2) is 26.1 Å². The van der Waals surface area contributed by atoms with Gasteiger partial charge in [-0.25, -0.2) is 4.79 Å². The van der Waals surface area contributed by atoms with Crippen molar-refractivity contribution in [2.24, 2.45) is 5.73 Å². The molecule has 0 aromatic heterocycles. The standard InChI is InChI=1S/C8H10N2O4/c1-13-5(11)3-4-7(14-2)6(9)8(12)10-4/h3H,9H2,1-2H3,(H,10,12)/b4-3-. The van der Waals surface area contributed by atoms with Crippen LogP contribution >= 0.6 is 0 Å². The molecule has 0 fully saturated rings. The van der Waals surface area contributed by atoms with E-state index in [4.69, 9.17) is 10.5 Å². The van der Waals surface area contributed by atoms with Crippen molar-refractivity contribution in [3.8, 4) is 0 Å². The zero-order valence-corrected chi connectivity index (χ0v) is 7.79. The molecule has 3 N–H and O–H groups in total. The van der Waals surface area contributed by atoms with Gasteiger partial charge in [-0.05, 0) is 0 Å². The number of rotatable bonds is 2. The number of esters is 1. The first kappa shape index (κ1) is 10.1. The lowest BCUT2D eigenvalue weighted by molar-refractivity contribution is -0.134. The van der Waals surface area contributed by atoms with Crippen molar-refractivity contribution < 1.29 is 19.1 Å². The molecular weight excluding hydrogens is 188 g/mol. The van der Waals surface area contributed by atoms with Gasteiger partial charge in [-0.15, -0.1) is 0 Å². The van der Waals surface area contributed by atoms with Gasteiger partial charge in [0, 0.05) is 0 Å². The fraction of sp³-hybridized carbons (Fsp3) is 0.250. The Hall–Kier alpha value is -1.98. The third-order valence-electron chi connectivity index (χ3n) is 1.65. The highest BCUT2D eigenvalue weighted by Crippen LogP contribution is 2.17. The number of nitrogens with one attached hydrogen (secondary N) is 1. The van der Waals surface area contributed by atoms with Crippen molar-refractivity contribution in [1.82, 2.24) is 5.32 Å². The predicted molar refractivity (Wildman–Crippen MR) is 46.5 cm³/mol. The number of nitrogens with two attached hydrogens (primary N) is 1. The van der Waals surface area contributed by atoms with Crippen LogP contribution < -0.4 is 11.1 Å². The van der Waals surface area contributed by atoms with Gasteiger partial charge >= 0.3 is 5.97 Å². The number of methoxy groups -OCH3 is 2. The van der Waals surface area contributed by atoms with E-state index in [2.05, 4.69) is 10.1 Å². The van der Waals surface area contributed by atoms with Crippen LogP contribution in [0.4, 0.5) is 0 Å². The number of amides is 1. The van der Waals surface area contributed by atoms with Gasteiger partial charge in [0.05, 0.1) is 26.0 Å². The summed E-state index contributed by atoms with van der Waals surface area (Å²) in [6, 6.07) is 0. The van der Waals surface area contributed by atoms with Crippen molar-refractivity contribution in [1.29, 1.82) is 0 Å². The molecule has 0 radical (unpaired) electrons. The third-order valence-corrected chi connectivity index (χ3v) is 1.65. The minimum atomic E-state index is -0.593. The summed E-state index contributed by atoms with van der Waals surface area (Å²) in [6.45, 7) is 0. The summed E-state index contributed by atoms with van der Waals surface area (Å²) in [5, 5.41) is 2.37. The van der Waals surface area contributed by atoms with E-state index in [1.807, 2.05) is 0 Å². The molecule has 76 valence electrons. The monoisotopic (exact) mass is 198 g/mol. The molecule has 0 saturated carbocycles. The molecule has 1 aliphatic heterocycles. The third kappa shape index (κ3) is 1.68. The Morgan fingerprint density at radius 1 is 1.50 bits per heavy atom. The van der Waals surface area contributed by atoms with Gasteiger partial charge in [0.1, 0.15) is 5.70 Å². The second-order valence-electron chi connectivity index (χ2n) is 2.48. The molecule has 0 spiro atoms. The second kappa shape index (κ2) is 3.82. The van der Waals surface area contributed by atoms with E-state index in [0.717, 1.165) is 6.08 Å². The van der Waals surface area contributed by atoms with Crippen LogP contribution in [0.1, 0.15) is 0 Å². The number of hydrogen-bond donors (Lipinski definition) is 2. The van der Waals surface area contributed by atoms with Gasteiger partial charge in [0.15, 0.2) is 5.76 Å². The summed E-state index contributed by atoms with van der Waals surface area (Å²) in [4.78, 5) is 21.9. The van der Waals surface area contributed by atoms with Gasteiger partial charge in [0.25, 0.3) is 5.91 Å². The van der Waals surface area contributed by atoms with Gasteiger partial charge in [-0.1, -0.05) is 0 Å². The predicted octanol–water partition coefficient (Wildman–Crippen LogP) is -1.01. The average molecular weight is 198 g/mol. The minimum absolute atomic E-state index is 0.0531. The molecule has 1 aliphatic rings. The average Bonchev–Trinajstić information content (AvgIpc) is 2.42. The highest BCUT2D eigenvalue weighted by molar-refractivity contribution is 6.00. The topological polar surface area (TPSA) is 90.7 Å². The van der Waals surface area contributed by atoms with Crippen molar-refractivity contribution in [2.75, 3.05) is 14.2 Å². The van der Waals surface area contributed by atoms with Crippen molar-refractivity contribution in [3.63, 3.8) is 0 Å². The lowest BCUT2D eigenvalue weighted by Crippen LogP contribution is -2.20. The van der Waals surface area contributed by atoms with Gasteiger partial charge in [0.2, 0.25) is 0 Å². The van der Waals surface area contributed by atoms with E-state index >= 15 is 0 Å². The fourth-order valence-electron chi connectivity index (χ4n) is 0.993. The van der Waals surface area contributed by atoms with Crippen LogP contribution in [0.5, 0.6) is 0 Å². The molecule has 0 bridgehead atoms. The van der Waals surface area contributed by atoms with Gasteiger partial charge in [-0.3, -0.25) is 4.79 Å². The molecule has 6 nitrogen and oxygen atoms in total. The minimum Gasteiger partial charge on any atom is -0.492 e. The molecule has 1 amide bonds. The van der Waals surface area contributed by atoms with Crippen LogP contribution in [0.25, 0.3) is 0 Å². The van der Waals surface area contributed by atoms with E-state index in [9.17, 15) is 9.59 Å². The first-order chi connectivity index (χ1) is 6.60. The van der Waals surface area contributed by atoms with Crippen LogP contribution in [0.2, 0.25) is 0 Å². The normalized spacial score (nSPS) is 18.4. The summed E-state index contributed by atoms with van der Waals surface area (Å²) in [5.41, 5.74) is 5.55. The van der Waals surface area contributed by atoms with E-state index in [1.165, 1.54) is 14.2 Å². The molecule has 0 atom stereocenters. The number of carbonyl (C=O) groups is 2. The molecule has 0 aromatic carbocycles. The van der Waals surface area contributed by atoms with Crippen molar-refractivity contribution in [2.45, 2.75) is 0 Å². The zero-order valence-electron chi connectivity index (χ0n) is 7.79. The summed E-state index contributed by atoms with van der Waals surface area (Å²) < 4.78 is 9.24. The lowest BCUT2D eigenvalue weighted by Gasteiger charge is -2.02. The molecule has 14 heavy (non-hydrogen) atoms. The maximum atomic E-state index is 11.1. The van der Waals surface area contributed by atoms with Crippen LogP contribution in [0.15, 0.2) is 23.2 Å². The highest BCUT2D eigenvalue weighted by Gasteiger charge is 2.26. The summed E-state index contributed by atoms with van der Waals surface area (Å²) in [5.74, 6) is -0.929. The van der Waals surface area contributed by atoms with Crippen LogP contribution in [0, 0.1) is 0 Å². The van der Waals surface area contributed by atoms with Gasteiger partial charge in [-0.2, -0.15) is 0 Å². The first-order valence-electron chi connectivity index (χ1n) is 3.75. The molecular formula is C8H10N2O4. The van der Waals surface area contributed by atoms with E-state index in [-0.39, 0.29) is 17.2 Å². The molecule has 0 saturated heterocycles. The largest absolute Gasteiger partial charge is 0.492 e. The Balaban J connectivity index is 3.00. The molecule has 0 aromatic rings. The van der Waals surface area contributed by atoms with Gasteiger partial charge < -0.3 is 20.5 Å². The quantitative estimate of drug-likeness (QED) is 0.438. The summed E-state index contributed by atoms with van der Waals surface area (Å²) in [6.07, 6.45) is 1.09. The molecule has 0 unspecified atom stereocenters. The van der Waals surface area contributed by atoms with E-state index in [1.54, 1.807) is 0 Å². The number of carbonyl (C=O) groups excluding carboxylic acids is 2. The van der Waals surface area contributed by atoms with Crippen LogP contribution in [-0.2, 0) is 19.1 Å². The summed E-state index contributed by atoms with van der Waals surface area (Å²) >= 11 is 0. The second-order valence-corrected chi connectivity index (χ2v) is 2.48. The molecule has 0 aliphatic carbocycles. The lowest BCUT2D eigenvalue weighted by atomic mass is 10.3. The molecule has 1 rings (SSSR count). The molecule has 6 heteroatoms. The van der Waals surface area contributed by atoms with E-state index in [0.29, 0.717) is 0 Å². The summed E-state index contributed by atoms with van der Waals surface area (Å²) in [7, 11) is 2.59. The maximum Gasteiger partial charge on any atom is 0.332 e. The Labute approximate surface area is 80.3 Å². The Bertz CT molecular complexity index is 343.